The summed E-state index contributed by atoms with van der Waals surface area (Å²) in [5.41, 5.74) is 0.533. The number of alkyl halides is 1. The van der Waals surface area contributed by atoms with Crippen molar-refractivity contribution in [1.29, 1.82) is 0 Å². The van der Waals surface area contributed by atoms with Crippen molar-refractivity contribution in [3.8, 4) is 17.3 Å². The van der Waals surface area contributed by atoms with Gasteiger partial charge in [-0.15, -0.1) is 0 Å². The standard InChI is InChI=1S/C30H31ClF2N6O/c31-23-7-2-5-18-4-1-6-21(24(18)23)26-25(33)27-22(15-35-26)28(36-20-8-11-34-12-9-20)38-29(37-27)40-17-30-10-3-13-39(30)16-19(32)14-30/h1-2,4-7,15,19-20,34H,3,8-14,16-17H2,(H,36,37,38)/t19-,30+/m1/s1. The van der Waals surface area contributed by atoms with Crippen molar-refractivity contribution in [3.05, 3.63) is 53.4 Å². The Hall–Kier alpha value is -3.14. The molecule has 2 aromatic heterocycles. The maximum Gasteiger partial charge on any atom is 0.319 e. The molecule has 0 saturated carbocycles. The zero-order chi connectivity index (χ0) is 27.3. The van der Waals surface area contributed by atoms with Gasteiger partial charge in [-0.2, -0.15) is 9.97 Å². The Morgan fingerprint density at radius 2 is 1.98 bits per heavy atom. The third-order valence-electron chi connectivity index (χ3n) is 8.68. The molecule has 0 amide bonds. The average Bonchev–Trinajstić information content (AvgIpc) is 3.49. The summed E-state index contributed by atoms with van der Waals surface area (Å²) < 4.78 is 36.9. The molecule has 0 aliphatic carbocycles. The number of aromatic nitrogens is 3. The molecule has 0 radical (unpaired) electrons. The topological polar surface area (TPSA) is 75.2 Å². The summed E-state index contributed by atoms with van der Waals surface area (Å²) in [6.45, 7) is 3.35. The van der Waals surface area contributed by atoms with Gasteiger partial charge in [-0.25, -0.2) is 8.78 Å². The zero-order valence-electron chi connectivity index (χ0n) is 22.1. The highest BCUT2D eigenvalue weighted by Gasteiger charge is 2.49. The Bertz CT molecular complexity index is 1580. The molecule has 4 aromatic rings. The van der Waals surface area contributed by atoms with E-state index in [1.807, 2.05) is 30.3 Å². The van der Waals surface area contributed by atoms with Gasteiger partial charge < -0.3 is 15.4 Å². The predicted molar refractivity (Wildman–Crippen MR) is 153 cm³/mol. The lowest BCUT2D eigenvalue weighted by Crippen LogP contribution is -2.43. The number of halogens is 3. The molecule has 0 bridgehead atoms. The molecule has 3 aliphatic heterocycles. The van der Waals surface area contributed by atoms with Crippen molar-refractivity contribution >= 4 is 39.1 Å². The van der Waals surface area contributed by atoms with E-state index in [2.05, 4.69) is 30.5 Å². The van der Waals surface area contributed by atoms with Crippen LogP contribution in [0.5, 0.6) is 6.01 Å². The molecule has 3 aliphatic rings. The van der Waals surface area contributed by atoms with E-state index in [1.165, 1.54) is 0 Å². The SMILES string of the molecule is Fc1c(-c2cccc3cccc(Cl)c23)ncc2c(NC3CCNCC3)nc(OC[C@@]34CCCN3C[C@H](F)C4)nc12. The fourth-order valence-electron chi connectivity index (χ4n) is 6.70. The lowest BCUT2D eigenvalue weighted by molar-refractivity contribution is 0.107. The summed E-state index contributed by atoms with van der Waals surface area (Å²) in [6, 6.07) is 11.5. The minimum atomic E-state index is -0.864. The van der Waals surface area contributed by atoms with Crippen molar-refractivity contribution < 1.29 is 13.5 Å². The lowest BCUT2D eigenvalue weighted by Gasteiger charge is -2.31. The van der Waals surface area contributed by atoms with Gasteiger partial charge in [-0.05, 0) is 56.8 Å². The molecule has 0 unspecified atom stereocenters. The second-order valence-electron chi connectivity index (χ2n) is 11.2. The number of hydrogen-bond acceptors (Lipinski definition) is 7. The van der Waals surface area contributed by atoms with Gasteiger partial charge in [0.2, 0.25) is 0 Å². The number of nitrogens with one attached hydrogen (secondary N) is 2. The first kappa shape index (κ1) is 25.8. The molecule has 2 aromatic carbocycles. The maximum absolute atomic E-state index is 16.4. The van der Waals surface area contributed by atoms with Crippen LogP contribution < -0.4 is 15.4 Å². The van der Waals surface area contributed by atoms with Crippen LogP contribution in [0.15, 0.2) is 42.6 Å². The Morgan fingerprint density at radius 3 is 2.83 bits per heavy atom. The van der Waals surface area contributed by atoms with Crippen LogP contribution >= 0.6 is 11.6 Å². The lowest BCUT2D eigenvalue weighted by atomic mass is 9.95. The maximum atomic E-state index is 16.4. The highest BCUT2D eigenvalue weighted by molar-refractivity contribution is 6.36. The Labute approximate surface area is 236 Å². The smallest absolute Gasteiger partial charge is 0.319 e. The second-order valence-corrected chi connectivity index (χ2v) is 11.6. The highest BCUT2D eigenvalue weighted by atomic mass is 35.5. The Balaban J connectivity index is 1.31. The van der Waals surface area contributed by atoms with Crippen molar-refractivity contribution in [3.63, 3.8) is 0 Å². The molecule has 3 saturated heterocycles. The fraction of sp³-hybridized carbons (Fsp3) is 0.433. The molecule has 208 valence electrons. The van der Waals surface area contributed by atoms with Gasteiger partial charge >= 0.3 is 6.01 Å². The van der Waals surface area contributed by atoms with E-state index in [9.17, 15) is 4.39 Å². The Kier molecular flexibility index (Phi) is 6.68. The van der Waals surface area contributed by atoms with Crippen molar-refractivity contribution in [2.24, 2.45) is 0 Å². The van der Waals surface area contributed by atoms with E-state index in [0.717, 1.165) is 56.1 Å². The van der Waals surface area contributed by atoms with Crippen LogP contribution in [0.3, 0.4) is 0 Å². The van der Waals surface area contributed by atoms with Crippen LogP contribution in [0.25, 0.3) is 32.9 Å². The number of nitrogens with zero attached hydrogens (tertiary/aromatic N) is 4. The van der Waals surface area contributed by atoms with Gasteiger partial charge in [0.1, 0.15) is 29.8 Å². The van der Waals surface area contributed by atoms with Crippen molar-refractivity contribution in [2.45, 2.75) is 49.9 Å². The van der Waals surface area contributed by atoms with Crippen molar-refractivity contribution in [1.82, 2.24) is 25.2 Å². The molecule has 5 heterocycles. The first-order valence-electron chi connectivity index (χ1n) is 14.0. The highest BCUT2D eigenvalue weighted by Crippen LogP contribution is 2.41. The molecule has 40 heavy (non-hydrogen) atoms. The normalized spacial score (nSPS) is 23.6. The zero-order valence-corrected chi connectivity index (χ0v) is 22.9. The number of ether oxygens (including phenoxy) is 1. The monoisotopic (exact) mass is 564 g/mol. The number of fused-ring (bicyclic) bond motifs is 3. The number of pyridine rings is 1. The number of anilines is 1. The third kappa shape index (κ3) is 4.54. The summed E-state index contributed by atoms with van der Waals surface area (Å²) in [5, 5.41) is 9.51. The van der Waals surface area contributed by atoms with E-state index >= 15 is 4.39 Å². The summed E-state index contributed by atoms with van der Waals surface area (Å²) in [6.07, 6.45) is 4.90. The van der Waals surface area contributed by atoms with E-state index in [1.54, 1.807) is 12.3 Å². The molecule has 3 fully saturated rings. The van der Waals surface area contributed by atoms with Gasteiger partial charge in [0.25, 0.3) is 0 Å². The Morgan fingerprint density at radius 1 is 1.15 bits per heavy atom. The molecular formula is C30H31ClF2N6O. The number of benzene rings is 2. The summed E-state index contributed by atoms with van der Waals surface area (Å²) >= 11 is 6.56. The quantitative estimate of drug-likeness (QED) is 0.308. The first-order valence-corrected chi connectivity index (χ1v) is 14.4. The molecule has 7 nitrogen and oxygen atoms in total. The van der Waals surface area contributed by atoms with Crippen molar-refractivity contribution in [2.75, 3.05) is 38.1 Å². The summed E-state index contributed by atoms with van der Waals surface area (Å²) in [5.74, 6) is -0.0627. The van der Waals surface area contributed by atoms with Crippen LogP contribution in [-0.2, 0) is 0 Å². The molecule has 2 atom stereocenters. The molecule has 10 heteroatoms. The van der Waals surface area contributed by atoms with E-state index in [0.29, 0.717) is 34.8 Å². The van der Waals surface area contributed by atoms with Crippen LogP contribution in [0.1, 0.15) is 32.1 Å². The third-order valence-corrected chi connectivity index (χ3v) is 9.00. The average molecular weight is 565 g/mol. The van der Waals surface area contributed by atoms with E-state index in [4.69, 9.17) is 16.3 Å². The fourth-order valence-corrected chi connectivity index (χ4v) is 6.98. The summed E-state index contributed by atoms with van der Waals surface area (Å²) in [7, 11) is 0. The summed E-state index contributed by atoms with van der Waals surface area (Å²) in [4.78, 5) is 16.0. The van der Waals surface area contributed by atoms with Gasteiger partial charge in [-0.3, -0.25) is 9.88 Å². The number of hydrogen-bond donors (Lipinski definition) is 2. The van der Waals surface area contributed by atoms with Gasteiger partial charge in [0, 0.05) is 41.2 Å². The van der Waals surface area contributed by atoms with E-state index < -0.39 is 12.0 Å². The van der Waals surface area contributed by atoms with Gasteiger partial charge in [0.15, 0.2) is 5.82 Å². The second kappa shape index (κ2) is 10.4. The van der Waals surface area contributed by atoms with Crippen LogP contribution in [0, 0.1) is 5.82 Å². The minimum Gasteiger partial charge on any atom is -0.461 e. The molecule has 2 N–H and O–H groups in total. The minimum absolute atomic E-state index is 0.0828. The molecule has 7 rings (SSSR count). The van der Waals surface area contributed by atoms with Crippen LogP contribution in [-0.4, -0.2) is 70.4 Å². The van der Waals surface area contributed by atoms with Crippen LogP contribution in [0.2, 0.25) is 5.02 Å². The number of rotatable bonds is 6. The number of piperidine rings is 1. The molecular weight excluding hydrogens is 534 g/mol. The van der Waals surface area contributed by atoms with Crippen LogP contribution in [0.4, 0.5) is 14.6 Å². The van der Waals surface area contributed by atoms with Gasteiger partial charge in [0.05, 0.1) is 10.9 Å². The predicted octanol–water partition coefficient (Wildman–Crippen LogP) is 5.76. The first-order chi connectivity index (χ1) is 19.5. The van der Waals surface area contributed by atoms with E-state index in [-0.39, 0.29) is 35.4 Å². The molecule has 0 spiro atoms. The largest absolute Gasteiger partial charge is 0.461 e. The van der Waals surface area contributed by atoms with Gasteiger partial charge in [-0.1, -0.05) is 41.9 Å².